The van der Waals surface area contributed by atoms with Crippen molar-refractivity contribution < 1.29 is 12.8 Å². The van der Waals surface area contributed by atoms with E-state index in [1.54, 1.807) is 0 Å². The van der Waals surface area contributed by atoms with Gasteiger partial charge in [0.2, 0.25) is 10.0 Å². The third-order valence-electron chi connectivity index (χ3n) is 4.18. The number of rotatable bonds is 5. The van der Waals surface area contributed by atoms with Crippen LogP contribution in [0.3, 0.4) is 0 Å². The van der Waals surface area contributed by atoms with E-state index in [4.69, 9.17) is 5.73 Å². The fourth-order valence-corrected chi connectivity index (χ4v) is 4.41. The molecule has 6 heteroatoms. The third kappa shape index (κ3) is 4.02. The Hall–Kier alpha value is -0.980. The Kier molecular flexibility index (Phi) is 5.35. The van der Waals surface area contributed by atoms with Crippen molar-refractivity contribution in [3.8, 4) is 0 Å². The second-order valence-electron chi connectivity index (χ2n) is 5.91. The first-order chi connectivity index (χ1) is 9.94. The van der Waals surface area contributed by atoms with Crippen LogP contribution in [0.5, 0.6) is 0 Å². The molecule has 1 aliphatic carbocycles. The Morgan fingerprint density at radius 1 is 1.38 bits per heavy atom. The Bertz CT molecular complexity index is 589. The molecule has 0 saturated heterocycles. The number of sulfonamides is 1. The van der Waals surface area contributed by atoms with Gasteiger partial charge in [-0.2, -0.15) is 0 Å². The smallest absolute Gasteiger partial charge is 0.241 e. The van der Waals surface area contributed by atoms with Crippen LogP contribution in [0.25, 0.3) is 0 Å². The van der Waals surface area contributed by atoms with Crippen molar-refractivity contribution in [2.24, 2.45) is 17.6 Å². The van der Waals surface area contributed by atoms with E-state index in [1.807, 2.05) is 0 Å². The second kappa shape index (κ2) is 6.85. The first kappa shape index (κ1) is 16.4. The number of halogens is 1. The van der Waals surface area contributed by atoms with Crippen LogP contribution in [0.4, 0.5) is 4.39 Å². The van der Waals surface area contributed by atoms with Crippen LogP contribution in [0.2, 0.25) is 0 Å². The van der Waals surface area contributed by atoms with Gasteiger partial charge in [-0.3, -0.25) is 0 Å². The van der Waals surface area contributed by atoms with Crippen molar-refractivity contribution in [1.82, 2.24) is 4.72 Å². The summed E-state index contributed by atoms with van der Waals surface area (Å²) in [7, 11) is -3.71. The van der Waals surface area contributed by atoms with Crippen LogP contribution in [-0.2, 0) is 16.6 Å². The Labute approximate surface area is 126 Å². The topological polar surface area (TPSA) is 72.2 Å². The molecule has 0 aliphatic heterocycles. The molecule has 2 unspecified atom stereocenters. The van der Waals surface area contributed by atoms with Crippen LogP contribution >= 0.6 is 0 Å². The number of hydrogen-bond donors (Lipinski definition) is 2. The second-order valence-corrected chi connectivity index (χ2v) is 7.65. The van der Waals surface area contributed by atoms with Crippen molar-refractivity contribution in [2.75, 3.05) is 6.54 Å². The summed E-state index contributed by atoms with van der Waals surface area (Å²) < 4.78 is 41.0. The lowest BCUT2D eigenvalue weighted by atomic mass is 9.83. The zero-order chi connectivity index (χ0) is 15.5. The van der Waals surface area contributed by atoms with E-state index in [0.717, 1.165) is 19.3 Å². The normalized spacial score (nSPS) is 23.2. The number of benzene rings is 1. The minimum atomic E-state index is -3.71. The summed E-state index contributed by atoms with van der Waals surface area (Å²) in [4.78, 5) is -0.0474. The van der Waals surface area contributed by atoms with Gasteiger partial charge in [0.1, 0.15) is 5.82 Å². The molecule has 0 heterocycles. The van der Waals surface area contributed by atoms with Gasteiger partial charge in [-0.05, 0) is 36.8 Å². The van der Waals surface area contributed by atoms with Crippen LogP contribution in [-0.4, -0.2) is 15.0 Å². The zero-order valence-corrected chi connectivity index (χ0v) is 13.1. The lowest BCUT2D eigenvalue weighted by molar-refractivity contribution is 0.283. The standard InChI is InChI=1S/C15H23FN2O2S/c1-11-4-2-5-12(8-11)10-18-21(19,20)15-7-3-6-14(16)13(15)9-17/h3,6-7,11-12,18H,2,4-5,8-10,17H2,1H3. The van der Waals surface area contributed by atoms with Crippen LogP contribution in [0, 0.1) is 17.7 Å². The highest BCUT2D eigenvalue weighted by molar-refractivity contribution is 7.89. The highest BCUT2D eigenvalue weighted by atomic mass is 32.2. The maximum Gasteiger partial charge on any atom is 0.241 e. The lowest BCUT2D eigenvalue weighted by Gasteiger charge is -2.26. The first-order valence-electron chi connectivity index (χ1n) is 7.41. The Morgan fingerprint density at radius 3 is 2.81 bits per heavy atom. The minimum absolute atomic E-state index is 0.0435. The van der Waals surface area contributed by atoms with Gasteiger partial charge in [0, 0.05) is 18.7 Å². The third-order valence-corrected chi connectivity index (χ3v) is 5.68. The molecular formula is C15H23FN2O2S. The van der Waals surface area contributed by atoms with Crippen molar-refractivity contribution >= 4 is 10.0 Å². The van der Waals surface area contributed by atoms with Gasteiger partial charge in [-0.1, -0.05) is 25.8 Å². The molecule has 0 aromatic heterocycles. The van der Waals surface area contributed by atoms with E-state index in [1.165, 1.54) is 24.6 Å². The SMILES string of the molecule is CC1CCCC(CNS(=O)(=O)c2cccc(F)c2CN)C1. The fourth-order valence-electron chi connectivity index (χ4n) is 3.04. The molecule has 0 radical (unpaired) electrons. The van der Waals surface area contributed by atoms with E-state index < -0.39 is 15.8 Å². The predicted octanol–water partition coefficient (Wildman–Crippen LogP) is 2.39. The van der Waals surface area contributed by atoms with Gasteiger partial charge in [-0.25, -0.2) is 17.5 Å². The summed E-state index contributed by atoms with van der Waals surface area (Å²) >= 11 is 0. The summed E-state index contributed by atoms with van der Waals surface area (Å²) in [5, 5.41) is 0. The Balaban J connectivity index is 2.10. The van der Waals surface area contributed by atoms with Crippen molar-refractivity contribution in [2.45, 2.75) is 44.0 Å². The molecular weight excluding hydrogens is 291 g/mol. The van der Waals surface area contributed by atoms with Crippen LogP contribution in [0.1, 0.15) is 38.2 Å². The largest absolute Gasteiger partial charge is 0.326 e. The summed E-state index contributed by atoms with van der Waals surface area (Å²) in [5.41, 5.74) is 5.52. The molecule has 0 spiro atoms. The summed E-state index contributed by atoms with van der Waals surface area (Å²) in [5.74, 6) is 0.423. The van der Waals surface area contributed by atoms with Crippen molar-refractivity contribution in [3.63, 3.8) is 0 Å². The molecule has 21 heavy (non-hydrogen) atoms. The molecule has 0 amide bonds. The van der Waals surface area contributed by atoms with Gasteiger partial charge >= 0.3 is 0 Å². The Morgan fingerprint density at radius 2 is 2.14 bits per heavy atom. The maximum absolute atomic E-state index is 13.7. The van der Waals surface area contributed by atoms with Crippen molar-refractivity contribution in [3.05, 3.63) is 29.6 Å². The number of hydrogen-bond acceptors (Lipinski definition) is 3. The molecule has 2 atom stereocenters. The molecule has 4 nitrogen and oxygen atoms in total. The van der Waals surface area contributed by atoms with Crippen LogP contribution in [0.15, 0.2) is 23.1 Å². The number of nitrogens with one attached hydrogen (secondary N) is 1. The molecule has 1 aromatic rings. The summed E-state index contributed by atoms with van der Waals surface area (Å²) in [6.45, 7) is 2.47. The zero-order valence-electron chi connectivity index (χ0n) is 12.3. The first-order valence-corrected chi connectivity index (χ1v) is 8.89. The fraction of sp³-hybridized carbons (Fsp3) is 0.600. The highest BCUT2D eigenvalue weighted by Gasteiger charge is 2.24. The van der Waals surface area contributed by atoms with Crippen molar-refractivity contribution in [1.29, 1.82) is 0 Å². The molecule has 1 saturated carbocycles. The maximum atomic E-state index is 13.7. The van der Waals surface area contributed by atoms with Gasteiger partial charge in [0.05, 0.1) is 4.90 Å². The molecule has 1 aromatic carbocycles. The molecule has 3 N–H and O–H groups in total. The highest BCUT2D eigenvalue weighted by Crippen LogP contribution is 2.28. The molecule has 1 aliphatic rings. The van der Waals surface area contributed by atoms with E-state index in [0.29, 0.717) is 18.4 Å². The average Bonchev–Trinajstić information content (AvgIpc) is 2.45. The van der Waals surface area contributed by atoms with Gasteiger partial charge in [0.25, 0.3) is 0 Å². The average molecular weight is 314 g/mol. The quantitative estimate of drug-likeness (QED) is 0.876. The van der Waals surface area contributed by atoms with Gasteiger partial charge < -0.3 is 5.73 Å². The van der Waals surface area contributed by atoms with E-state index in [9.17, 15) is 12.8 Å². The van der Waals surface area contributed by atoms with E-state index >= 15 is 0 Å². The molecule has 2 rings (SSSR count). The minimum Gasteiger partial charge on any atom is -0.326 e. The monoisotopic (exact) mass is 314 g/mol. The van der Waals surface area contributed by atoms with Crippen LogP contribution < -0.4 is 10.5 Å². The number of nitrogens with two attached hydrogens (primary N) is 1. The van der Waals surface area contributed by atoms with E-state index in [2.05, 4.69) is 11.6 Å². The van der Waals surface area contributed by atoms with Gasteiger partial charge in [0.15, 0.2) is 0 Å². The lowest BCUT2D eigenvalue weighted by Crippen LogP contribution is -2.32. The molecule has 1 fully saturated rings. The summed E-state index contributed by atoms with van der Waals surface area (Å²) in [6.07, 6.45) is 4.43. The summed E-state index contributed by atoms with van der Waals surface area (Å²) in [6, 6.07) is 4.02. The van der Waals surface area contributed by atoms with Gasteiger partial charge in [-0.15, -0.1) is 0 Å². The molecule has 0 bridgehead atoms. The van der Waals surface area contributed by atoms with E-state index in [-0.39, 0.29) is 17.0 Å². The molecule has 118 valence electrons. The predicted molar refractivity (Wildman–Crippen MR) is 80.6 cm³/mol.